The molecule has 0 aliphatic rings. The van der Waals surface area contributed by atoms with Crippen LogP contribution in [-0.2, 0) is 9.53 Å². The Morgan fingerprint density at radius 1 is 1.14 bits per heavy atom. The van der Waals surface area contributed by atoms with Crippen molar-refractivity contribution in [2.24, 2.45) is 0 Å². The van der Waals surface area contributed by atoms with Gasteiger partial charge in [0.1, 0.15) is 5.82 Å². The molecular formula is C20H21ClFNO5. The fourth-order valence-electron chi connectivity index (χ4n) is 2.28. The second-order valence-electron chi connectivity index (χ2n) is 6.20. The SMILES string of the molecule is COc1cc(C(=O)O[C@H](C)C(=O)Nc2cccc(F)c2)cc(Cl)c1OC(C)C. The quantitative estimate of drug-likeness (QED) is 0.683. The molecule has 0 aliphatic heterocycles. The van der Waals surface area contributed by atoms with Crippen molar-refractivity contribution in [3.63, 3.8) is 0 Å². The van der Waals surface area contributed by atoms with Gasteiger partial charge in [-0.1, -0.05) is 17.7 Å². The summed E-state index contributed by atoms with van der Waals surface area (Å²) in [6.45, 7) is 5.06. The molecule has 2 aromatic rings. The zero-order valence-electron chi connectivity index (χ0n) is 15.9. The Morgan fingerprint density at radius 3 is 2.46 bits per heavy atom. The monoisotopic (exact) mass is 409 g/mol. The van der Waals surface area contributed by atoms with E-state index in [1.165, 1.54) is 44.4 Å². The largest absolute Gasteiger partial charge is 0.493 e. The number of anilines is 1. The van der Waals surface area contributed by atoms with Gasteiger partial charge in [0.15, 0.2) is 17.6 Å². The Labute approximate surface area is 167 Å². The number of hydrogen-bond acceptors (Lipinski definition) is 5. The fourth-order valence-corrected chi connectivity index (χ4v) is 2.54. The van der Waals surface area contributed by atoms with Gasteiger partial charge in [-0.15, -0.1) is 0 Å². The van der Waals surface area contributed by atoms with Gasteiger partial charge in [-0.2, -0.15) is 0 Å². The molecule has 1 amide bonds. The minimum absolute atomic E-state index is 0.100. The van der Waals surface area contributed by atoms with Gasteiger partial charge in [0.05, 0.1) is 23.8 Å². The predicted octanol–water partition coefficient (Wildman–Crippen LogP) is 4.46. The zero-order chi connectivity index (χ0) is 20.8. The van der Waals surface area contributed by atoms with E-state index in [4.69, 9.17) is 25.8 Å². The smallest absolute Gasteiger partial charge is 0.339 e. The van der Waals surface area contributed by atoms with Crippen LogP contribution in [-0.4, -0.2) is 31.2 Å². The van der Waals surface area contributed by atoms with Crippen molar-refractivity contribution >= 4 is 29.2 Å². The number of nitrogens with one attached hydrogen (secondary N) is 1. The highest BCUT2D eigenvalue weighted by Crippen LogP contribution is 2.37. The van der Waals surface area contributed by atoms with Crippen LogP contribution in [0.25, 0.3) is 0 Å². The van der Waals surface area contributed by atoms with E-state index in [9.17, 15) is 14.0 Å². The van der Waals surface area contributed by atoms with Crippen LogP contribution in [0.2, 0.25) is 5.02 Å². The summed E-state index contributed by atoms with van der Waals surface area (Å²) in [6.07, 6.45) is -1.26. The second-order valence-corrected chi connectivity index (χ2v) is 6.61. The van der Waals surface area contributed by atoms with E-state index in [1.54, 1.807) is 0 Å². The summed E-state index contributed by atoms with van der Waals surface area (Å²) in [5, 5.41) is 2.65. The molecule has 0 bridgehead atoms. The van der Waals surface area contributed by atoms with Crippen molar-refractivity contribution in [3.8, 4) is 11.5 Å². The molecule has 0 radical (unpaired) electrons. The molecule has 1 N–H and O–H groups in total. The van der Waals surface area contributed by atoms with Crippen LogP contribution in [0.4, 0.5) is 10.1 Å². The first-order valence-corrected chi connectivity index (χ1v) is 8.90. The third-order valence-electron chi connectivity index (χ3n) is 3.56. The number of ether oxygens (including phenoxy) is 3. The molecule has 0 aliphatic carbocycles. The molecule has 0 heterocycles. The second kappa shape index (κ2) is 9.41. The first kappa shape index (κ1) is 21.5. The minimum Gasteiger partial charge on any atom is -0.493 e. The molecule has 2 rings (SSSR count). The van der Waals surface area contributed by atoms with Crippen LogP contribution < -0.4 is 14.8 Å². The van der Waals surface area contributed by atoms with Crippen molar-refractivity contribution in [1.82, 2.24) is 0 Å². The molecule has 150 valence electrons. The Hall–Kier alpha value is -2.80. The van der Waals surface area contributed by atoms with Crippen molar-refractivity contribution in [3.05, 3.63) is 52.8 Å². The molecule has 2 aromatic carbocycles. The van der Waals surface area contributed by atoms with Gasteiger partial charge >= 0.3 is 5.97 Å². The average Bonchev–Trinajstić information content (AvgIpc) is 2.62. The van der Waals surface area contributed by atoms with Gasteiger partial charge in [0.25, 0.3) is 5.91 Å². The maximum absolute atomic E-state index is 13.2. The Balaban J connectivity index is 2.11. The molecule has 0 aromatic heterocycles. The van der Waals surface area contributed by atoms with Gasteiger partial charge in [-0.05, 0) is 51.1 Å². The Bertz CT molecular complexity index is 872. The summed E-state index contributed by atoms with van der Waals surface area (Å²) < 4.78 is 29.2. The maximum atomic E-state index is 13.2. The first-order valence-electron chi connectivity index (χ1n) is 8.53. The minimum atomic E-state index is -1.12. The van der Waals surface area contributed by atoms with Gasteiger partial charge in [-0.3, -0.25) is 4.79 Å². The molecule has 0 saturated carbocycles. The first-order chi connectivity index (χ1) is 13.2. The van der Waals surface area contributed by atoms with E-state index >= 15 is 0 Å². The molecular weight excluding hydrogens is 389 g/mol. The molecule has 1 atom stereocenters. The van der Waals surface area contributed by atoms with Crippen molar-refractivity contribution in [2.75, 3.05) is 12.4 Å². The summed E-state index contributed by atoms with van der Waals surface area (Å²) in [7, 11) is 1.42. The summed E-state index contributed by atoms with van der Waals surface area (Å²) in [5.74, 6) is -1.28. The third-order valence-corrected chi connectivity index (χ3v) is 3.84. The van der Waals surface area contributed by atoms with E-state index in [2.05, 4.69) is 5.32 Å². The summed E-state index contributed by atoms with van der Waals surface area (Å²) in [6, 6.07) is 8.18. The number of rotatable bonds is 7. The van der Waals surface area contributed by atoms with Gasteiger partial charge in [-0.25, -0.2) is 9.18 Å². The number of esters is 1. The lowest BCUT2D eigenvalue weighted by Crippen LogP contribution is -2.30. The lowest BCUT2D eigenvalue weighted by Gasteiger charge is -2.17. The van der Waals surface area contributed by atoms with Crippen LogP contribution in [0.1, 0.15) is 31.1 Å². The molecule has 0 spiro atoms. The van der Waals surface area contributed by atoms with Gasteiger partial charge in [0, 0.05) is 5.69 Å². The van der Waals surface area contributed by atoms with Gasteiger partial charge < -0.3 is 19.5 Å². The topological polar surface area (TPSA) is 73.9 Å². The fraction of sp³-hybridized carbons (Fsp3) is 0.300. The molecule has 8 heteroatoms. The highest BCUT2D eigenvalue weighted by molar-refractivity contribution is 6.32. The van der Waals surface area contributed by atoms with E-state index in [1.807, 2.05) is 13.8 Å². The molecule has 0 fully saturated rings. The molecule has 28 heavy (non-hydrogen) atoms. The van der Waals surface area contributed by atoms with E-state index in [-0.39, 0.29) is 28.1 Å². The Kier molecular flexibility index (Phi) is 7.23. The summed E-state index contributed by atoms with van der Waals surface area (Å²) in [4.78, 5) is 24.6. The van der Waals surface area contributed by atoms with E-state index < -0.39 is 23.8 Å². The molecule has 0 unspecified atom stereocenters. The summed E-state index contributed by atoms with van der Waals surface area (Å²) >= 11 is 6.20. The summed E-state index contributed by atoms with van der Waals surface area (Å²) in [5.41, 5.74) is 0.358. The zero-order valence-corrected chi connectivity index (χ0v) is 16.7. The highest BCUT2D eigenvalue weighted by Gasteiger charge is 2.22. The average molecular weight is 410 g/mol. The van der Waals surface area contributed by atoms with Gasteiger partial charge in [0.2, 0.25) is 0 Å². The number of amides is 1. The molecule has 0 saturated heterocycles. The lowest BCUT2D eigenvalue weighted by molar-refractivity contribution is -0.123. The standard InChI is InChI=1S/C20H21ClFNO5/c1-11(2)27-18-16(21)8-13(9-17(18)26-4)20(25)28-12(3)19(24)23-15-7-5-6-14(22)10-15/h5-12H,1-4H3,(H,23,24)/t12-/m1/s1. The third kappa shape index (κ3) is 5.60. The number of methoxy groups -OCH3 is 1. The Morgan fingerprint density at radius 2 is 1.86 bits per heavy atom. The predicted molar refractivity (Wildman–Crippen MR) is 104 cm³/mol. The number of hydrogen-bond donors (Lipinski definition) is 1. The van der Waals surface area contributed by atoms with Crippen LogP contribution >= 0.6 is 11.6 Å². The number of carbonyl (C=O) groups is 2. The normalized spacial score (nSPS) is 11.7. The highest BCUT2D eigenvalue weighted by atomic mass is 35.5. The van der Waals surface area contributed by atoms with Crippen LogP contribution in [0, 0.1) is 5.82 Å². The van der Waals surface area contributed by atoms with E-state index in [0.717, 1.165) is 6.07 Å². The van der Waals surface area contributed by atoms with Crippen LogP contribution in [0.3, 0.4) is 0 Å². The number of carbonyl (C=O) groups excluding carboxylic acids is 2. The maximum Gasteiger partial charge on any atom is 0.339 e. The van der Waals surface area contributed by atoms with Crippen molar-refractivity contribution in [1.29, 1.82) is 0 Å². The van der Waals surface area contributed by atoms with Crippen molar-refractivity contribution < 1.29 is 28.2 Å². The van der Waals surface area contributed by atoms with Crippen LogP contribution in [0.5, 0.6) is 11.5 Å². The van der Waals surface area contributed by atoms with Crippen molar-refractivity contribution in [2.45, 2.75) is 33.0 Å². The van der Waals surface area contributed by atoms with Crippen LogP contribution in [0.15, 0.2) is 36.4 Å². The van der Waals surface area contributed by atoms with E-state index in [0.29, 0.717) is 5.75 Å². The number of halogens is 2. The lowest BCUT2D eigenvalue weighted by atomic mass is 10.2. The molecule has 6 nitrogen and oxygen atoms in total. The number of benzene rings is 2.